The SMILES string of the molecule is CCCCCCC1CCCCC(CCC)C2(C)OB(OC2(C)C)c2ccc3c4ccc(B5OC(C)(C)C(C)(C)O5)cc4n(c3c2)C1. The first-order chi connectivity index (χ1) is 21.8. The van der Waals surface area contributed by atoms with Gasteiger partial charge in [-0.15, -0.1) is 0 Å². The minimum absolute atomic E-state index is 0.337. The lowest BCUT2D eigenvalue weighted by atomic mass is 9.72. The van der Waals surface area contributed by atoms with E-state index >= 15 is 0 Å². The fourth-order valence-corrected chi connectivity index (χ4v) is 8.41. The smallest absolute Gasteiger partial charge is 0.399 e. The normalized spacial score (nSPS) is 27.6. The van der Waals surface area contributed by atoms with Crippen molar-refractivity contribution in [1.29, 1.82) is 0 Å². The molecule has 7 heteroatoms. The third-order valence-corrected chi connectivity index (χ3v) is 12.4. The van der Waals surface area contributed by atoms with E-state index in [4.69, 9.17) is 18.6 Å². The van der Waals surface area contributed by atoms with Crippen molar-refractivity contribution < 1.29 is 18.6 Å². The van der Waals surface area contributed by atoms with Gasteiger partial charge in [0.05, 0.1) is 22.4 Å². The molecule has 3 atom stereocenters. The number of fused-ring (bicyclic) bond motifs is 7. The molecule has 0 N–H and O–H groups in total. The van der Waals surface area contributed by atoms with Gasteiger partial charge in [-0.2, -0.15) is 0 Å². The minimum atomic E-state index is -0.379. The standard InChI is InChI=1S/C39H59B2NO4/c1-10-12-13-14-18-28-19-15-16-20-29(17-11-2)39(9)38(7,8)45-41(46-39)31-22-24-33-32-23-21-30(25-34(32)42(27-28)35(33)26-31)40-43-36(3,4)37(5,6)44-40/h21-26,28-29H,10-20,27H2,1-9H3. The van der Waals surface area contributed by atoms with Crippen molar-refractivity contribution >= 4 is 47.0 Å². The van der Waals surface area contributed by atoms with Crippen molar-refractivity contribution in [3.63, 3.8) is 0 Å². The van der Waals surface area contributed by atoms with Crippen LogP contribution in [0.5, 0.6) is 0 Å². The van der Waals surface area contributed by atoms with E-state index < -0.39 is 0 Å². The number of benzene rings is 2. The third kappa shape index (κ3) is 6.12. The molecule has 2 aromatic carbocycles. The summed E-state index contributed by atoms with van der Waals surface area (Å²) in [6.45, 7) is 21.0. The third-order valence-electron chi connectivity index (χ3n) is 12.4. The highest BCUT2D eigenvalue weighted by Gasteiger charge is 2.57. The van der Waals surface area contributed by atoms with Gasteiger partial charge in [0, 0.05) is 28.4 Å². The molecule has 250 valence electrons. The average molecular weight is 628 g/mol. The molecule has 3 aliphatic heterocycles. The maximum absolute atomic E-state index is 7.03. The first-order valence-corrected chi connectivity index (χ1v) is 18.6. The molecule has 4 bridgehead atoms. The van der Waals surface area contributed by atoms with Crippen LogP contribution in [-0.4, -0.2) is 41.2 Å². The highest BCUT2D eigenvalue weighted by atomic mass is 16.7. The van der Waals surface area contributed by atoms with E-state index in [1.807, 2.05) is 0 Å². The highest BCUT2D eigenvalue weighted by Crippen LogP contribution is 2.46. The molecule has 2 fully saturated rings. The number of unbranched alkanes of at least 4 members (excludes halogenated alkanes) is 3. The van der Waals surface area contributed by atoms with E-state index in [9.17, 15) is 0 Å². The topological polar surface area (TPSA) is 41.9 Å². The predicted molar refractivity (Wildman–Crippen MR) is 194 cm³/mol. The summed E-state index contributed by atoms with van der Waals surface area (Å²) in [6.07, 6.45) is 13.9. The van der Waals surface area contributed by atoms with Crippen LogP contribution in [0, 0.1) is 11.8 Å². The lowest BCUT2D eigenvalue weighted by Gasteiger charge is -2.43. The van der Waals surface area contributed by atoms with Crippen LogP contribution in [0.1, 0.15) is 133 Å². The van der Waals surface area contributed by atoms with E-state index in [0.717, 1.165) is 17.5 Å². The number of aromatic nitrogens is 1. The zero-order chi connectivity index (χ0) is 32.9. The summed E-state index contributed by atoms with van der Waals surface area (Å²) in [5.41, 5.74) is 3.29. The first-order valence-electron chi connectivity index (χ1n) is 18.6. The van der Waals surface area contributed by atoms with Crippen LogP contribution in [0.3, 0.4) is 0 Å². The highest BCUT2D eigenvalue weighted by molar-refractivity contribution is 6.63. The van der Waals surface area contributed by atoms with E-state index in [0.29, 0.717) is 11.8 Å². The van der Waals surface area contributed by atoms with Gasteiger partial charge in [0.25, 0.3) is 0 Å². The molecule has 0 radical (unpaired) electrons. The second-order valence-corrected chi connectivity index (χ2v) is 16.4. The van der Waals surface area contributed by atoms with Crippen LogP contribution < -0.4 is 10.9 Å². The van der Waals surface area contributed by atoms with E-state index in [1.54, 1.807) is 0 Å². The summed E-state index contributed by atoms with van der Waals surface area (Å²) in [4.78, 5) is 0. The quantitative estimate of drug-likeness (QED) is 0.185. The summed E-state index contributed by atoms with van der Waals surface area (Å²) in [7, 11) is -0.751. The minimum Gasteiger partial charge on any atom is -0.399 e. The second-order valence-electron chi connectivity index (χ2n) is 16.4. The van der Waals surface area contributed by atoms with Gasteiger partial charge in [-0.1, -0.05) is 83.1 Å². The molecule has 46 heavy (non-hydrogen) atoms. The monoisotopic (exact) mass is 627 g/mol. The Kier molecular flexibility index (Phi) is 9.57. The lowest BCUT2D eigenvalue weighted by Crippen LogP contribution is -2.50. The Labute approximate surface area is 279 Å². The van der Waals surface area contributed by atoms with Gasteiger partial charge in [0.15, 0.2) is 0 Å². The fraction of sp³-hybridized carbons (Fsp3) is 0.692. The Balaban J connectivity index is 1.46. The van der Waals surface area contributed by atoms with E-state index in [-0.39, 0.29) is 36.6 Å². The summed E-state index contributed by atoms with van der Waals surface area (Å²) < 4.78 is 29.5. The maximum atomic E-state index is 7.03. The largest absolute Gasteiger partial charge is 0.494 e. The molecule has 3 aromatic rings. The zero-order valence-corrected chi connectivity index (χ0v) is 30.3. The van der Waals surface area contributed by atoms with Crippen molar-refractivity contribution in [3.8, 4) is 0 Å². The maximum Gasteiger partial charge on any atom is 0.494 e. The fourth-order valence-electron chi connectivity index (χ4n) is 8.41. The summed E-state index contributed by atoms with van der Waals surface area (Å²) >= 11 is 0. The van der Waals surface area contributed by atoms with Gasteiger partial charge in [-0.05, 0) is 109 Å². The van der Waals surface area contributed by atoms with Crippen LogP contribution >= 0.6 is 0 Å². The van der Waals surface area contributed by atoms with Crippen molar-refractivity contribution in [2.75, 3.05) is 0 Å². The number of hydrogen-bond acceptors (Lipinski definition) is 4. The van der Waals surface area contributed by atoms with Gasteiger partial charge < -0.3 is 23.2 Å². The number of hydrogen-bond donors (Lipinski definition) is 0. The molecule has 3 unspecified atom stereocenters. The molecule has 4 heterocycles. The van der Waals surface area contributed by atoms with Crippen LogP contribution in [0.2, 0.25) is 0 Å². The lowest BCUT2D eigenvalue weighted by molar-refractivity contribution is -0.0603. The molecule has 1 aromatic heterocycles. The summed E-state index contributed by atoms with van der Waals surface area (Å²) in [6, 6.07) is 13.7. The molecular formula is C39H59B2NO4. The van der Waals surface area contributed by atoms with Gasteiger partial charge in [-0.25, -0.2) is 0 Å². The molecule has 0 amide bonds. The molecule has 0 aliphatic carbocycles. The van der Waals surface area contributed by atoms with Crippen LogP contribution in [0.4, 0.5) is 0 Å². The Morgan fingerprint density at radius 1 is 0.652 bits per heavy atom. The summed E-state index contributed by atoms with van der Waals surface area (Å²) in [5, 5.41) is 2.58. The van der Waals surface area contributed by atoms with Gasteiger partial charge in [0.2, 0.25) is 0 Å². The second kappa shape index (κ2) is 12.9. The molecule has 5 nitrogen and oxygen atoms in total. The van der Waals surface area contributed by atoms with Crippen LogP contribution in [-0.2, 0) is 25.2 Å². The van der Waals surface area contributed by atoms with Crippen molar-refractivity contribution in [2.24, 2.45) is 11.8 Å². The zero-order valence-electron chi connectivity index (χ0n) is 30.3. The molecule has 0 saturated carbocycles. The van der Waals surface area contributed by atoms with Crippen molar-refractivity contribution in [3.05, 3.63) is 36.4 Å². The Morgan fingerprint density at radius 2 is 1.22 bits per heavy atom. The first kappa shape index (κ1) is 34.1. The van der Waals surface area contributed by atoms with Crippen LogP contribution in [0.15, 0.2) is 36.4 Å². The van der Waals surface area contributed by atoms with E-state index in [2.05, 4.69) is 103 Å². The number of rotatable bonds is 8. The van der Waals surface area contributed by atoms with Gasteiger partial charge in [0.1, 0.15) is 0 Å². The average Bonchev–Trinajstić information content (AvgIpc) is 3.53. The van der Waals surface area contributed by atoms with E-state index in [1.165, 1.54) is 92.4 Å². The molecule has 0 spiro atoms. The Hall–Kier alpha value is -1.79. The molecule has 2 saturated heterocycles. The Morgan fingerprint density at radius 3 is 1.80 bits per heavy atom. The van der Waals surface area contributed by atoms with Crippen LogP contribution in [0.25, 0.3) is 21.8 Å². The molecule has 3 aliphatic rings. The van der Waals surface area contributed by atoms with Gasteiger partial charge >= 0.3 is 14.2 Å². The summed E-state index contributed by atoms with van der Waals surface area (Å²) in [5.74, 6) is 1.12. The van der Waals surface area contributed by atoms with Gasteiger partial charge in [-0.3, -0.25) is 0 Å². The van der Waals surface area contributed by atoms with Crippen molar-refractivity contribution in [2.45, 2.75) is 162 Å². The molecular weight excluding hydrogens is 568 g/mol. The number of nitrogens with zero attached hydrogens (tertiary/aromatic N) is 1. The molecule has 6 rings (SSSR count). The van der Waals surface area contributed by atoms with Crippen molar-refractivity contribution in [1.82, 2.24) is 4.57 Å². The Bertz CT molecular complexity index is 1510. The predicted octanol–water partition coefficient (Wildman–Crippen LogP) is 8.95.